The van der Waals surface area contributed by atoms with Crippen LogP contribution in [0.4, 0.5) is 8.78 Å². The highest BCUT2D eigenvalue weighted by Gasteiger charge is 2.47. The van der Waals surface area contributed by atoms with Gasteiger partial charge in [-0.3, -0.25) is 47.9 Å². The number of benzene rings is 4. The van der Waals surface area contributed by atoms with Crippen molar-refractivity contribution in [2.24, 2.45) is 17.6 Å². The maximum atomic E-state index is 15.5. The zero-order valence-electron chi connectivity index (χ0n) is 58.7. The first-order chi connectivity index (χ1) is 50.1. The number of imidazole rings is 1. The number of allylic oxidation sites excluding steroid dienone is 1. The van der Waals surface area contributed by atoms with Gasteiger partial charge >= 0.3 is 5.97 Å². The van der Waals surface area contributed by atoms with Crippen LogP contribution < -0.4 is 42.4 Å². The highest BCUT2D eigenvalue weighted by Crippen LogP contribution is 2.35. The van der Waals surface area contributed by atoms with Gasteiger partial charge in [-0.2, -0.15) is 23.5 Å². The number of nitrogens with one attached hydrogen (secondary N) is 8. The first-order valence-corrected chi connectivity index (χ1v) is 38.1. The summed E-state index contributed by atoms with van der Waals surface area (Å²) in [6.07, 6.45) is 9.05. The van der Waals surface area contributed by atoms with E-state index in [1.165, 1.54) is 61.1 Å². The lowest BCUT2D eigenvalue weighted by atomic mass is 9.89. The lowest BCUT2D eigenvalue weighted by Crippen LogP contribution is -2.60. The third kappa shape index (κ3) is 20.8. The van der Waals surface area contributed by atoms with Crippen LogP contribution in [-0.2, 0) is 85.1 Å². The Kier molecular flexibility index (Phi) is 27.5. The van der Waals surface area contributed by atoms with Crippen molar-refractivity contribution in [3.05, 3.63) is 160 Å². The summed E-state index contributed by atoms with van der Waals surface area (Å²) in [5.74, 6) is -8.14. The van der Waals surface area contributed by atoms with Gasteiger partial charge in [0, 0.05) is 97.7 Å². The minimum absolute atomic E-state index is 0.0674. The molecule has 0 unspecified atom stereocenters. The quantitative estimate of drug-likeness (QED) is 0.0413. The third-order valence-electron chi connectivity index (χ3n) is 20.2. The number of aliphatic carboxylic acids is 1. The Labute approximate surface area is 611 Å². The van der Waals surface area contributed by atoms with E-state index >= 15 is 37.5 Å². The lowest BCUT2D eigenvalue weighted by molar-refractivity contribution is -0.146. The predicted molar refractivity (Wildman–Crippen MR) is 392 cm³/mol. The number of hydrogen-bond acceptors (Lipinski definition) is 15. The summed E-state index contributed by atoms with van der Waals surface area (Å²) in [6, 6.07) is 14.8. The molecule has 4 aliphatic rings. The molecule has 23 nitrogen and oxygen atoms in total. The number of aromatic nitrogens is 3. The minimum atomic E-state index is -1.74. The number of hydrogen-bond donors (Lipinski definition) is 10. The number of methoxy groups -OCH3 is 1. The van der Waals surface area contributed by atoms with Crippen LogP contribution in [0.5, 0.6) is 5.75 Å². The van der Waals surface area contributed by atoms with Crippen molar-refractivity contribution >= 4 is 98.9 Å². The second kappa shape index (κ2) is 37.0. The summed E-state index contributed by atoms with van der Waals surface area (Å²) < 4.78 is 35.7. The number of thioether (sulfide) groups is 2. The van der Waals surface area contributed by atoms with E-state index in [-0.39, 0.29) is 63.2 Å². The molecule has 8 atom stereocenters. The van der Waals surface area contributed by atoms with Gasteiger partial charge in [0.15, 0.2) is 11.6 Å². The number of carboxylic acids is 1. The van der Waals surface area contributed by atoms with Crippen molar-refractivity contribution in [1.29, 1.82) is 0 Å². The van der Waals surface area contributed by atoms with Crippen LogP contribution in [0, 0.1) is 23.5 Å². The van der Waals surface area contributed by atoms with Crippen molar-refractivity contribution < 1.29 is 66.6 Å². The molecule has 4 heterocycles. The first kappa shape index (κ1) is 77.4. The number of Topliss-reactive ketones (excluding diaryl/α,β-unsaturated/α-hetero) is 2. The molecule has 2 bridgehead atoms. The van der Waals surface area contributed by atoms with Gasteiger partial charge < -0.3 is 62.3 Å². The SMILES string of the molecule is COc1ccc(C[C@@H]2NC(=O)[C@H](Cc3cnc[nH]3)NC(=O)[C@H](CC(=O)O)CC(=O)[C@H](Cc3c[nH]c4ccc(F)cc34)NC(=O)[C@H](CC3=CCc4ccc(F)cc43)NC(=O)[C@@H](C3CCCC3)NC(=O)[C@H](CCCCN)NC(=O)CCSCc3cccc(c3)CSCCCC(=O)[C@]3(C)CCCN3C2=O)cc1. The average molecular weight is 1470 g/mol. The largest absolute Gasteiger partial charge is 0.497 e. The summed E-state index contributed by atoms with van der Waals surface area (Å²) in [4.78, 5) is 159. The number of H-pyrrole nitrogens is 2. The Morgan fingerprint density at radius 2 is 1.39 bits per heavy atom. The summed E-state index contributed by atoms with van der Waals surface area (Å²) >= 11 is 3.23. The Hall–Kier alpha value is -9.21. The number of carbonyl (C=O) groups excluding carboxylic acids is 9. The lowest BCUT2D eigenvalue weighted by Gasteiger charge is -2.37. The number of aromatic amines is 2. The Balaban J connectivity index is 0.998. The van der Waals surface area contributed by atoms with Gasteiger partial charge in [-0.1, -0.05) is 61.4 Å². The molecule has 2 fully saturated rings. The van der Waals surface area contributed by atoms with E-state index in [0.717, 1.165) is 29.5 Å². The monoisotopic (exact) mass is 1470 g/mol. The second-order valence-electron chi connectivity index (χ2n) is 27.7. The number of ether oxygens (including phenoxy) is 1. The Bertz CT molecular complexity index is 4090. The molecule has 10 rings (SSSR count). The van der Waals surface area contributed by atoms with Gasteiger partial charge in [0.05, 0.1) is 37.4 Å². The van der Waals surface area contributed by atoms with Crippen LogP contribution in [0.2, 0.25) is 0 Å². The average Bonchev–Trinajstić information content (AvgIpc) is 1.63. The molecular formula is C77H93F2N11O12S2. The number of nitrogens with zero attached hydrogens (tertiary/aromatic N) is 2. The number of ketones is 2. The number of carboxylic acid groups (broad SMARTS) is 1. The van der Waals surface area contributed by atoms with E-state index in [1.54, 1.807) is 66.9 Å². The molecule has 0 radical (unpaired) electrons. The summed E-state index contributed by atoms with van der Waals surface area (Å²) in [6.45, 7) is 2.29. The molecule has 2 aromatic heterocycles. The number of carbonyl (C=O) groups is 10. The zero-order chi connectivity index (χ0) is 73.9. The van der Waals surface area contributed by atoms with Gasteiger partial charge in [-0.25, -0.2) is 13.8 Å². The number of nitrogens with two attached hydrogens (primary N) is 1. The van der Waals surface area contributed by atoms with E-state index in [0.29, 0.717) is 126 Å². The fraction of sp³-hybridized carbons (Fsp3) is 0.468. The second-order valence-corrected chi connectivity index (χ2v) is 29.9. The molecule has 6 aromatic rings. The van der Waals surface area contributed by atoms with Crippen LogP contribution in [-0.4, -0.2) is 157 Å². The van der Waals surface area contributed by atoms with E-state index in [1.807, 2.05) is 18.2 Å². The van der Waals surface area contributed by atoms with Crippen LogP contribution in [0.25, 0.3) is 16.5 Å². The molecule has 11 N–H and O–H groups in total. The van der Waals surface area contributed by atoms with Crippen molar-refractivity contribution in [2.45, 2.75) is 182 Å². The van der Waals surface area contributed by atoms with Crippen molar-refractivity contribution in [3.8, 4) is 5.75 Å². The van der Waals surface area contributed by atoms with Crippen LogP contribution in [0.3, 0.4) is 0 Å². The maximum Gasteiger partial charge on any atom is 0.304 e. The molecule has 0 spiro atoms. The van der Waals surface area contributed by atoms with Crippen LogP contribution in [0.1, 0.15) is 142 Å². The number of amides is 7. The van der Waals surface area contributed by atoms with Gasteiger partial charge in [-0.05, 0) is 164 Å². The zero-order valence-corrected chi connectivity index (χ0v) is 60.3. The molecule has 7 amide bonds. The van der Waals surface area contributed by atoms with Gasteiger partial charge in [0.25, 0.3) is 0 Å². The Morgan fingerprint density at radius 3 is 2.12 bits per heavy atom. The fourth-order valence-electron chi connectivity index (χ4n) is 14.5. The maximum absolute atomic E-state index is 15.5. The van der Waals surface area contributed by atoms with Gasteiger partial charge in [0.2, 0.25) is 41.4 Å². The standard InChI is InChI=1S/C77H93F2N11O12S2/c1-77-27-9-29-90(77)76(101)65(33-46-16-23-57(102-2)24-17-46)88-74(99)64(40-56-42-81-45-83-56)86-71(96)52(37-69(94)95)36-66(91)62(35-53-41-82-60-25-22-55(79)39-59(53)60)85-73(98)63(34-51-19-18-49-20-21-54(78)38-58(49)51)87-75(100)70(50-12-3-4-13-50)89-72(97)61(14-5-6-28-80)84-68(93)26-31-104-44-48-11-7-10-47(32-48)43-103-30-8-15-67(77)92/h7,10-11,16-17,19-25,32,38-39,41-42,45,50,52,61-65,70,82H,3-6,8-9,12-15,18,26-31,33-37,40,43-44,80H2,1-2H3,(H,81,83)(H,84,93)(H,85,98)(H,86,96)(H,87,100)(H,88,99)(H,89,97)(H,94,95)/t52-,61-,62-,63-,64-,65-,70+,77-/m0/s1. The molecule has 1 saturated heterocycles. The minimum Gasteiger partial charge on any atom is -0.497 e. The highest BCUT2D eigenvalue weighted by molar-refractivity contribution is 7.98. The topological polar surface area (TPSA) is 346 Å². The van der Waals surface area contributed by atoms with Gasteiger partial charge in [-0.15, -0.1) is 0 Å². The fourth-order valence-corrected chi connectivity index (χ4v) is 16.3. The van der Waals surface area contributed by atoms with Crippen molar-refractivity contribution in [2.75, 3.05) is 31.7 Å². The summed E-state index contributed by atoms with van der Waals surface area (Å²) in [5, 5.41) is 28.0. The number of rotatable bonds is 16. The molecule has 4 aromatic carbocycles. The summed E-state index contributed by atoms with van der Waals surface area (Å²) in [5.41, 5.74) is 10.2. The van der Waals surface area contributed by atoms with Crippen molar-refractivity contribution in [1.82, 2.24) is 51.8 Å². The normalized spacial score (nSPS) is 23.9. The third-order valence-corrected chi connectivity index (χ3v) is 22.4. The van der Waals surface area contributed by atoms with Gasteiger partial charge in [0.1, 0.15) is 47.6 Å². The van der Waals surface area contributed by atoms with Crippen molar-refractivity contribution in [3.63, 3.8) is 0 Å². The predicted octanol–water partition coefficient (Wildman–Crippen LogP) is 7.81. The van der Waals surface area contributed by atoms with E-state index < -0.39 is 125 Å². The smallest absolute Gasteiger partial charge is 0.304 e. The van der Waals surface area contributed by atoms with E-state index in [2.05, 4.69) is 52.9 Å². The molecule has 104 heavy (non-hydrogen) atoms. The number of unbranched alkanes of at least 4 members (excludes halogenated alkanes) is 1. The molecule has 1 saturated carbocycles. The van der Waals surface area contributed by atoms with E-state index in [4.69, 9.17) is 10.5 Å². The molecule has 2 aliphatic heterocycles. The first-order valence-electron chi connectivity index (χ1n) is 35.8. The highest BCUT2D eigenvalue weighted by atomic mass is 32.2. The summed E-state index contributed by atoms with van der Waals surface area (Å²) in [7, 11) is 1.51. The van der Waals surface area contributed by atoms with Crippen LogP contribution >= 0.6 is 23.5 Å². The van der Waals surface area contributed by atoms with E-state index in [9.17, 15) is 24.3 Å². The number of halogens is 2. The van der Waals surface area contributed by atoms with Crippen LogP contribution in [0.15, 0.2) is 110 Å². The molecule has 2 aliphatic carbocycles. The number of fused-ring (bicyclic) bond motifs is 5. The molecule has 27 heteroatoms. The molecular weight excluding hydrogens is 1370 g/mol. The Morgan fingerprint density at radius 1 is 0.702 bits per heavy atom. The molecule has 554 valence electrons.